The molecule has 1 unspecified atom stereocenters. The molecule has 1 atom stereocenters. The minimum absolute atomic E-state index is 0.195. The van der Waals surface area contributed by atoms with Crippen LogP contribution >= 0.6 is 0 Å². The van der Waals surface area contributed by atoms with Gasteiger partial charge in [0.2, 0.25) is 0 Å². The first-order chi connectivity index (χ1) is 9.57. The lowest BCUT2D eigenvalue weighted by Crippen LogP contribution is -2.38. The summed E-state index contributed by atoms with van der Waals surface area (Å²) in [6, 6.07) is -0.195. The summed E-state index contributed by atoms with van der Waals surface area (Å²) in [6.07, 6.45) is -2.87. The minimum Gasteiger partial charge on any atom is -0.444 e. The third-order valence-electron chi connectivity index (χ3n) is 2.87. The van der Waals surface area contributed by atoms with Crippen molar-refractivity contribution >= 4 is 6.09 Å². The largest absolute Gasteiger partial charge is 0.444 e. The number of amides is 1. The van der Waals surface area contributed by atoms with E-state index in [0.29, 0.717) is 32.4 Å². The molecule has 1 N–H and O–H groups in total. The van der Waals surface area contributed by atoms with Gasteiger partial charge in [0, 0.05) is 19.1 Å². The fourth-order valence-corrected chi connectivity index (χ4v) is 1.96. The van der Waals surface area contributed by atoms with Gasteiger partial charge < -0.3 is 9.64 Å². The third-order valence-corrected chi connectivity index (χ3v) is 2.87. The number of hydrogen-bond acceptors (Lipinski definition) is 4. The number of carbonyl (C=O) groups is 1. The Morgan fingerprint density at radius 3 is 2.48 bits per heavy atom. The predicted molar refractivity (Wildman–Crippen MR) is 70.6 cm³/mol. The molecule has 1 aliphatic rings. The van der Waals surface area contributed by atoms with E-state index in [4.69, 9.17) is 4.74 Å². The van der Waals surface area contributed by atoms with Gasteiger partial charge in [-0.1, -0.05) is 0 Å². The Hall–Kier alpha value is -1.02. The molecular weight excluding hydrogens is 289 g/mol. The Bertz CT molecular complexity index is 343. The number of hydroxylamine groups is 1. The van der Waals surface area contributed by atoms with Crippen LogP contribution in [0, 0.1) is 0 Å². The van der Waals surface area contributed by atoms with E-state index < -0.39 is 18.4 Å². The van der Waals surface area contributed by atoms with Crippen molar-refractivity contribution in [2.75, 3.05) is 19.7 Å². The highest BCUT2D eigenvalue weighted by atomic mass is 19.4. The molecule has 0 radical (unpaired) electrons. The fraction of sp³-hybridized carbons (Fsp3) is 0.923. The highest BCUT2D eigenvalue weighted by molar-refractivity contribution is 5.68. The maximum atomic E-state index is 12.0. The fourth-order valence-electron chi connectivity index (χ4n) is 1.96. The monoisotopic (exact) mass is 312 g/mol. The standard InChI is InChI=1S/C13H23F3N2O3/c1-12(2,3)21-11(19)18-7-4-5-10(6-8-18)17-20-9-13(14,15)16/h10,17H,4-9H2,1-3H3. The number of likely N-dealkylation sites (tertiary alicyclic amines) is 1. The van der Waals surface area contributed by atoms with Crippen LogP contribution in [-0.2, 0) is 9.57 Å². The van der Waals surface area contributed by atoms with Crippen molar-refractivity contribution in [2.24, 2.45) is 0 Å². The molecule has 124 valence electrons. The van der Waals surface area contributed by atoms with Crippen molar-refractivity contribution in [3.8, 4) is 0 Å². The molecule has 0 aromatic carbocycles. The first kappa shape index (κ1) is 18.0. The van der Waals surface area contributed by atoms with E-state index in [1.807, 2.05) is 0 Å². The summed E-state index contributed by atoms with van der Waals surface area (Å²) in [5.41, 5.74) is 1.87. The van der Waals surface area contributed by atoms with Crippen molar-refractivity contribution in [3.05, 3.63) is 0 Å². The summed E-state index contributed by atoms with van der Waals surface area (Å²) in [5.74, 6) is 0. The zero-order valence-corrected chi connectivity index (χ0v) is 12.6. The van der Waals surface area contributed by atoms with Crippen molar-refractivity contribution in [2.45, 2.75) is 57.9 Å². The zero-order chi connectivity index (χ0) is 16.1. The van der Waals surface area contributed by atoms with Crippen molar-refractivity contribution < 1.29 is 27.5 Å². The summed E-state index contributed by atoms with van der Waals surface area (Å²) in [4.78, 5) is 18.0. The van der Waals surface area contributed by atoms with Gasteiger partial charge in [-0.2, -0.15) is 18.7 Å². The highest BCUT2D eigenvalue weighted by Crippen LogP contribution is 2.17. The molecule has 1 saturated heterocycles. The van der Waals surface area contributed by atoms with Crippen molar-refractivity contribution in [1.29, 1.82) is 0 Å². The molecule has 1 amide bonds. The quantitative estimate of drug-likeness (QED) is 0.814. The lowest BCUT2D eigenvalue weighted by atomic mass is 10.1. The number of ether oxygens (including phenoxy) is 1. The van der Waals surface area contributed by atoms with Gasteiger partial charge >= 0.3 is 12.3 Å². The van der Waals surface area contributed by atoms with Crippen LogP contribution in [0.3, 0.4) is 0 Å². The van der Waals surface area contributed by atoms with Gasteiger partial charge in [0.1, 0.15) is 5.60 Å². The topological polar surface area (TPSA) is 50.8 Å². The van der Waals surface area contributed by atoms with Crippen molar-refractivity contribution in [3.63, 3.8) is 0 Å². The molecule has 0 spiro atoms. The van der Waals surface area contributed by atoms with Crippen LogP contribution in [-0.4, -0.2) is 48.5 Å². The van der Waals surface area contributed by atoms with Crippen LogP contribution in [0.1, 0.15) is 40.0 Å². The molecule has 8 heteroatoms. The molecule has 0 aromatic rings. The zero-order valence-electron chi connectivity index (χ0n) is 12.6. The lowest BCUT2D eigenvalue weighted by molar-refractivity contribution is -0.193. The van der Waals surface area contributed by atoms with Gasteiger partial charge in [0.15, 0.2) is 6.61 Å². The molecule has 1 rings (SSSR count). The predicted octanol–water partition coefficient (Wildman–Crippen LogP) is 2.86. The number of carbonyl (C=O) groups excluding carboxylic acids is 1. The molecular formula is C13H23F3N2O3. The molecule has 0 aliphatic carbocycles. The number of halogens is 3. The van der Waals surface area contributed by atoms with Crippen LogP contribution < -0.4 is 5.48 Å². The van der Waals surface area contributed by atoms with Crippen LogP contribution in [0.15, 0.2) is 0 Å². The summed E-state index contributed by atoms with van der Waals surface area (Å²) in [7, 11) is 0. The summed E-state index contributed by atoms with van der Waals surface area (Å²) in [5, 5.41) is 0. The Morgan fingerprint density at radius 1 is 1.24 bits per heavy atom. The minimum atomic E-state index is -4.35. The molecule has 0 bridgehead atoms. The second-order valence-electron chi connectivity index (χ2n) is 6.12. The van der Waals surface area contributed by atoms with E-state index in [0.717, 1.165) is 0 Å². The first-order valence-electron chi connectivity index (χ1n) is 6.99. The molecule has 1 heterocycles. The first-order valence-corrected chi connectivity index (χ1v) is 6.99. The van der Waals surface area contributed by atoms with E-state index in [9.17, 15) is 18.0 Å². The number of rotatable bonds is 3. The maximum absolute atomic E-state index is 12.0. The number of hydrogen-bond donors (Lipinski definition) is 1. The Kier molecular flexibility index (Phi) is 6.27. The highest BCUT2D eigenvalue weighted by Gasteiger charge is 2.29. The molecule has 0 saturated carbocycles. The average molecular weight is 312 g/mol. The van der Waals surface area contributed by atoms with Gasteiger partial charge in [-0.05, 0) is 40.0 Å². The van der Waals surface area contributed by atoms with Crippen molar-refractivity contribution in [1.82, 2.24) is 10.4 Å². The number of nitrogens with zero attached hydrogens (tertiary/aromatic N) is 1. The van der Waals surface area contributed by atoms with E-state index in [-0.39, 0.29) is 12.1 Å². The van der Waals surface area contributed by atoms with Gasteiger partial charge in [-0.3, -0.25) is 4.84 Å². The smallest absolute Gasteiger partial charge is 0.413 e. The van der Waals surface area contributed by atoms with Gasteiger partial charge in [-0.15, -0.1) is 0 Å². The van der Waals surface area contributed by atoms with E-state index >= 15 is 0 Å². The van der Waals surface area contributed by atoms with E-state index in [2.05, 4.69) is 10.3 Å². The van der Waals surface area contributed by atoms with Crippen LogP contribution in [0.2, 0.25) is 0 Å². The summed E-state index contributed by atoms with van der Waals surface area (Å²) < 4.78 is 41.2. The number of alkyl halides is 3. The second-order valence-corrected chi connectivity index (χ2v) is 6.12. The Morgan fingerprint density at radius 2 is 1.90 bits per heavy atom. The van der Waals surface area contributed by atoms with E-state index in [1.165, 1.54) is 0 Å². The SMILES string of the molecule is CC(C)(C)OC(=O)N1CCCC(NOCC(F)(F)F)CC1. The second kappa shape index (κ2) is 7.31. The average Bonchev–Trinajstić information content (AvgIpc) is 2.50. The Balaban J connectivity index is 2.35. The van der Waals surface area contributed by atoms with Crippen LogP contribution in [0.4, 0.5) is 18.0 Å². The van der Waals surface area contributed by atoms with Crippen LogP contribution in [0.25, 0.3) is 0 Å². The maximum Gasteiger partial charge on any atom is 0.413 e. The van der Waals surface area contributed by atoms with Gasteiger partial charge in [0.25, 0.3) is 0 Å². The molecule has 1 fully saturated rings. The summed E-state index contributed by atoms with van der Waals surface area (Å²) >= 11 is 0. The van der Waals surface area contributed by atoms with E-state index in [1.54, 1.807) is 25.7 Å². The molecule has 1 aliphatic heterocycles. The van der Waals surface area contributed by atoms with Crippen LogP contribution in [0.5, 0.6) is 0 Å². The molecule has 5 nitrogen and oxygen atoms in total. The normalized spacial score (nSPS) is 21.0. The third kappa shape index (κ3) is 8.11. The number of nitrogens with one attached hydrogen (secondary N) is 1. The lowest BCUT2D eigenvalue weighted by Gasteiger charge is -2.26. The summed E-state index contributed by atoms with van der Waals surface area (Å²) in [6.45, 7) is 5.02. The van der Waals surface area contributed by atoms with Gasteiger partial charge in [0.05, 0.1) is 0 Å². The van der Waals surface area contributed by atoms with Gasteiger partial charge in [-0.25, -0.2) is 4.79 Å². The molecule has 0 aromatic heterocycles. The molecule has 21 heavy (non-hydrogen) atoms. The Labute approximate surface area is 122 Å².